The summed E-state index contributed by atoms with van der Waals surface area (Å²) >= 11 is 0. The van der Waals surface area contributed by atoms with Gasteiger partial charge in [-0.15, -0.1) is 0 Å². The molecule has 0 heterocycles. The van der Waals surface area contributed by atoms with E-state index in [2.05, 4.69) is 20.8 Å². The fraction of sp³-hybridized carbons (Fsp3) is 0.556. The molecule has 1 N–H and O–H groups in total. The molecule has 0 aromatic heterocycles. The fourth-order valence-corrected chi connectivity index (χ4v) is 7.09. The van der Waals surface area contributed by atoms with Gasteiger partial charge in [-0.05, 0) is 72.6 Å². The largest absolute Gasteiger partial charge is 0.378 e. The number of aliphatic hydroxyl groups is 1. The van der Waals surface area contributed by atoms with Crippen LogP contribution in [0, 0.1) is 17.8 Å². The van der Waals surface area contributed by atoms with Crippen LogP contribution in [0.4, 0.5) is 11.4 Å². The van der Waals surface area contributed by atoms with Gasteiger partial charge in [-0.3, -0.25) is 4.57 Å². The lowest BCUT2D eigenvalue weighted by Crippen LogP contribution is -2.35. The zero-order valence-corrected chi connectivity index (χ0v) is 22.1. The average Bonchev–Trinajstić information content (AvgIpc) is 2.78. The van der Waals surface area contributed by atoms with Gasteiger partial charge in [0.25, 0.3) is 7.37 Å². The first kappa shape index (κ1) is 25.8. The summed E-state index contributed by atoms with van der Waals surface area (Å²) in [6.07, 6.45) is 2.97. The second kappa shape index (κ2) is 10.6. The summed E-state index contributed by atoms with van der Waals surface area (Å²) in [6.45, 7) is 6.66. The summed E-state index contributed by atoms with van der Waals surface area (Å²) in [4.78, 5) is 4.01. The highest BCUT2D eigenvalue weighted by atomic mass is 31.2. The van der Waals surface area contributed by atoms with Crippen LogP contribution in [0.25, 0.3) is 0 Å². The minimum absolute atomic E-state index is 0.135. The van der Waals surface area contributed by atoms with Crippen LogP contribution in [0.1, 0.15) is 51.4 Å². The molecule has 1 fully saturated rings. The summed E-state index contributed by atoms with van der Waals surface area (Å²) in [7, 11) is 4.28. The third kappa shape index (κ3) is 5.82. The van der Waals surface area contributed by atoms with Gasteiger partial charge in [0.15, 0.2) is 5.85 Å². The van der Waals surface area contributed by atoms with Gasteiger partial charge in [0.2, 0.25) is 0 Å². The van der Waals surface area contributed by atoms with E-state index in [0.717, 1.165) is 24.2 Å². The third-order valence-corrected chi connectivity index (χ3v) is 9.55. The van der Waals surface area contributed by atoms with Gasteiger partial charge in [-0.1, -0.05) is 39.3 Å². The van der Waals surface area contributed by atoms with Crippen molar-refractivity contribution in [3.05, 3.63) is 54.1 Å². The number of hydrogen-bond acceptors (Lipinski definition) is 5. The van der Waals surface area contributed by atoms with Crippen LogP contribution >= 0.6 is 7.37 Å². The fourth-order valence-electron chi connectivity index (χ4n) is 4.80. The minimum Gasteiger partial charge on any atom is -0.378 e. The maximum Gasteiger partial charge on any atom is 0.264 e. The first-order valence-corrected chi connectivity index (χ1v) is 13.7. The summed E-state index contributed by atoms with van der Waals surface area (Å²) in [6, 6.07) is 15.2. The molecule has 2 aromatic rings. The maximum atomic E-state index is 14.7. The Morgan fingerprint density at radius 3 is 1.91 bits per heavy atom. The van der Waals surface area contributed by atoms with Crippen molar-refractivity contribution in [2.45, 2.75) is 52.0 Å². The Bertz CT molecular complexity index is 941. The van der Waals surface area contributed by atoms with Crippen LogP contribution in [0.5, 0.6) is 0 Å². The standard InChI is InChI=1S/C27H41N2O3P/c1-19(2)25-17-8-20(3)18-26(25)32-33(31,24-15-13-23(14-16-24)29(6)7)27(30)21-9-11-22(12-10-21)28(4)5/h9-16,19-20,25-27,30H,8,17-18H2,1-7H3. The summed E-state index contributed by atoms with van der Waals surface area (Å²) in [5.41, 5.74) is 2.66. The maximum absolute atomic E-state index is 14.7. The Kier molecular flexibility index (Phi) is 8.31. The highest BCUT2D eigenvalue weighted by molar-refractivity contribution is 7.67. The lowest BCUT2D eigenvalue weighted by atomic mass is 9.75. The highest BCUT2D eigenvalue weighted by Gasteiger charge is 2.42. The SMILES string of the molecule is CC1CCC(C(C)C)C(OP(=O)(c2ccc(N(C)C)cc2)C(O)c2ccc(N(C)C)cc2)C1. The zero-order valence-electron chi connectivity index (χ0n) is 21.2. The highest BCUT2D eigenvalue weighted by Crippen LogP contribution is 2.60. The van der Waals surface area contributed by atoms with E-state index in [9.17, 15) is 9.67 Å². The second-order valence-corrected chi connectivity index (χ2v) is 12.7. The van der Waals surface area contributed by atoms with Crippen molar-refractivity contribution >= 4 is 24.0 Å². The van der Waals surface area contributed by atoms with E-state index in [4.69, 9.17) is 4.52 Å². The molecule has 3 rings (SSSR count). The molecule has 5 nitrogen and oxygen atoms in total. The molecule has 0 aliphatic heterocycles. The smallest absolute Gasteiger partial charge is 0.264 e. The number of aliphatic hydroxyl groups excluding tert-OH is 1. The first-order chi connectivity index (χ1) is 15.5. The Morgan fingerprint density at radius 1 is 0.909 bits per heavy atom. The Labute approximate surface area is 200 Å². The number of rotatable bonds is 8. The predicted molar refractivity (Wildman–Crippen MR) is 140 cm³/mol. The zero-order chi connectivity index (χ0) is 24.3. The van der Waals surface area contributed by atoms with Gasteiger partial charge in [-0.2, -0.15) is 0 Å². The number of benzene rings is 2. The van der Waals surface area contributed by atoms with E-state index in [1.807, 2.05) is 86.5 Å². The van der Waals surface area contributed by atoms with Crippen LogP contribution in [0.15, 0.2) is 48.5 Å². The van der Waals surface area contributed by atoms with Gasteiger partial charge < -0.3 is 19.4 Å². The van der Waals surface area contributed by atoms with Crippen LogP contribution < -0.4 is 15.1 Å². The summed E-state index contributed by atoms with van der Waals surface area (Å²) in [5.74, 6) is 0.0672. The van der Waals surface area contributed by atoms with Crippen LogP contribution in [0.3, 0.4) is 0 Å². The molecule has 5 unspecified atom stereocenters. The monoisotopic (exact) mass is 472 g/mol. The summed E-state index contributed by atoms with van der Waals surface area (Å²) < 4.78 is 21.2. The first-order valence-electron chi connectivity index (χ1n) is 12.0. The van der Waals surface area contributed by atoms with E-state index in [0.29, 0.717) is 28.6 Å². The molecular weight excluding hydrogens is 431 g/mol. The van der Waals surface area contributed by atoms with Crippen LogP contribution in [-0.4, -0.2) is 39.4 Å². The van der Waals surface area contributed by atoms with E-state index in [-0.39, 0.29) is 6.10 Å². The van der Waals surface area contributed by atoms with E-state index < -0.39 is 13.2 Å². The molecule has 1 aliphatic rings. The summed E-state index contributed by atoms with van der Waals surface area (Å²) in [5, 5.41) is 12.1. The van der Waals surface area contributed by atoms with E-state index in [1.165, 1.54) is 6.42 Å². The van der Waals surface area contributed by atoms with Gasteiger partial charge in [0.1, 0.15) is 0 Å². The predicted octanol–water partition coefficient (Wildman–Crippen LogP) is 5.89. The van der Waals surface area contributed by atoms with Crippen LogP contribution in [0.2, 0.25) is 0 Å². The molecule has 0 amide bonds. The van der Waals surface area contributed by atoms with Gasteiger partial charge >= 0.3 is 0 Å². The molecule has 0 saturated heterocycles. The van der Waals surface area contributed by atoms with Crippen molar-refractivity contribution in [3.63, 3.8) is 0 Å². The van der Waals surface area contributed by atoms with Crippen LogP contribution in [-0.2, 0) is 9.09 Å². The van der Waals surface area contributed by atoms with E-state index >= 15 is 0 Å². The Morgan fingerprint density at radius 2 is 1.42 bits per heavy atom. The van der Waals surface area contributed by atoms with Gasteiger partial charge in [-0.25, -0.2) is 0 Å². The van der Waals surface area contributed by atoms with Gasteiger partial charge in [0.05, 0.1) is 6.10 Å². The number of nitrogens with zero attached hydrogens (tertiary/aromatic N) is 2. The number of hydrogen-bond donors (Lipinski definition) is 1. The van der Waals surface area contributed by atoms with Crippen molar-refractivity contribution in [1.82, 2.24) is 0 Å². The third-order valence-electron chi connectivity index (χ3n) is 7.01. The molecule has 0 radical (unpaired) electrons. The molecule has 2 aromatic carbocycles. The normalized spacial score (nSPS) is 23.7. The molecule has 0 spiro atoms. The quantitative estimate of drug-likeness (QED) is 0.486. The molecule has 1 saturated carbocycles. The Balaban J connectivity index is 2.02. The Hall–Kier alpha value is -1.81. The average molecular weight is 473 g/mol. The van der Waals surface area contributed by atoms with Crippen molar-refractivity contribution in [2.24, 2.45) is 17.8 Å². The molecule has 1 aliphatic carbocycles. The molecule has 33 heavy (non-hydrogen) atoms. The molecule has 6 heteroatoms. The molecule has 0 bridgehead atoms. The minimum atomic E-state index is -3.62. The van der Waals surface area contributed by atoms with Crippen molar-refractivity contribution in [3.8, 4) is 0 Å². The van der Waals surface area contributed by atoms with Crippen molar-refractivity contribution in [2.75, 3.05) is 38.0 Å². The second-order valence-electron chi connectivity index (χ2n) is 10.3. The number of anilines is 2. The lowest BCUT2D eigenvalue weighted by molar-refractivity contribution is 0.0427. The molecular formula is C27H41N2O3P. The van der Waals surface area contributed by atoms with Crippen molar-refractivity contribution < 1.29 is 14.2 Å². The molecule has 5 atom stereocenters. The lowest BCUT2D eigenvalue weighted by Gasteiger charge is -2.40. The van der Waals surface area contributed by atoms with Gasteiger partial charge in [0, 0.05) is 44.9 Å². The topological polar surface area (TPSA) is 53.0 Å². The van der Waals surface area contributed by atoms with Crippen molar-refractivity contribution in [1.29, 1.82) is 0 Å². The molecule has 182 valence electrons. The van der Waals surface area contributed by atoms with E-state index in [1.54, 1.807) is 0 Å².